The molecule has 1 aromatic heterocycles. The lowest BCUT2D eigenvalue weighted by atomic mass is 10.2. The van der Waals surface area contributed by atoms with Crippen LogP contribution < -0.4 is 4.74 Å². The van der Waals surface area contributed by atoms with Crippen LogP contribution in [0.2, 0.25) is 0 Å². The lowest BCUT2D eigenvalue weighted by molar-refractivity contribution is 0.0690. The maximum atomic E-state index is 13.3. The van der Waals surface area contributed by atoms with E-state index in [0.29, 0.717) is 11.3 Å². The van der Waals surface area contributed by atoms with Crippen LogP contribution in [0.4, 0.5) is 4.39 Å². The zero-order valence-electron chi connectivity index (χ0n) is 10.3. The van der Waals surface area contributed by atoms with Gasteiger partial charge in [-0.25, -0.2) is 19.2 Å². The molecule has 0 fully saturated rings. The number of aromatic nitrogens is 2. The molecule has 0 aliphatic heterocycles. The smallest absolute Gasteiger partial charge is 0.354 e. The molecule has 2 aromatic rings. The molecular weight excluding hydrogens is 251 g/mol. The topological polar surface area (TPSA) is 72.3 Å². The second-order valence-electron chi connectivity index (χ2n) is 3.87. The zero-order chi connectivity index (χ0) is 14.0. The number of aromatic carboxylic acids is 1. The third-order valence-electron chi connectivity index (χ3n) is 2.48. The first-order valence-electron chi connectivity index (χ1n) is 5.44. The number of carboxylic acid groups (broad SMARTS) is 1. The van der Waals surface area contributed by atoms with Crippen molar-refractivity contribution in [3.05, 3.63) is 41.5 Å². The highest BCUT2D eigenvalue weighted by molar-refractivity contribution is 5.86. The average Bonchev–Trinajstić information content (AvgIpc) is 2.38. The Bertz CT molecular complexity index is 644. The summed E-state index contributed by atoms with van der Waals surface area (Å²) in [5.74, 6) is -1.37. The van der Waals surface area contributed by atoms with Crippen molar-refractivity contribution < 1.29 is 19.0 Å². The number of benzene rings is 1. The van der Waals surface area contributed by atoms with E-state index in [1.807, 2.05) is 0 Å². The van der Waals surface area contributed by atoms with Crippen LogP contribution in [-0.2, 0) is 0 Å². The minimum Gasteiger partial charge on any atom is -0.494 e. The van der Waals surface area contributed by atoms with Crippen LogP contribution in [0.5, 0.6) is 5.75 Å². The van der Waals surface area contributed by atoms with E-state index in [4.69, 9.17) is 9.84 Å². The van der Waals surface area contributed by atoms with Gasteiger partial charge in [0.15, 0.2) is 23.1 Å². The van der Waals surface area contributed by atoms with Gasteiger partial charge in [-0.3, -0.25) is 0 Å². The maximum absolute atomic E-state index is 13.3. The Morgan fingerprint density at radius 1 is 1.32 bits per heavy atom. The minimum atomic E-state index is -1.14. The molecule has 0 saturated heterocycles. The number of carboxylic acids is 1. The number of ether oxygens (including phenoxy) is 1. The summed E-state index contributed by atoms with van der Waals surface area (Å²) in [5.41, 5.74) is 0.904. The molecular formula is C13H11FN2O3. The van der Waals surface area contributed by atoms with Crippen LogP contribution >= 0.6 is 0 Å². The van der Waals surface area contributed by atoms with Gasteiger partial charge in [-0.15, -0.1) is 0 Å². The van der Waals surface area contributed by atoms with E-state index in [2.05, 4.69) is 9.97 Å². The number of carbonyl (C=O) groups is 1. The molecule has 0 amide bonds. The Morgan fingerprint density at radius 3 is 2.68 bits per heavy atom. The van der Waals surface area contributed by atoms with E-state index in [0.717, 1.165) is 0 Å². The predicted octanol–water partition coefficient (Wildman–Crippen LogP) is 2.30. The van der Waals surface area contributed by atoms with Crippen molar-refractivity contribution in [2.75, 3.05) is 7.11 Å². The summed E-state index contributed by atoms with van der Waals surface area (Å²) >= 11 is 0. The number of methoxy groups -OCH3 is 1. The van der Waals surface area contributed by atoms with Gasteiger partial charge in [-0.05, 0) is 31.2 Å². The molecule has 2 rings (SSSR count). The highest BCUT2D eigenvalue weighted by Gasteiger charge is 2.12. The molecule has 1 heterocycles. The van der Waals surface area contributed by atoms with Gasteiger partial charge in [0, 0.05) is 11.3 Å². The first-order valence-corrected chi connectivity index (χ1v) is 5.44. The van der Waals surface area contributed by atoms with E-state index >= 15 is 0 Å². The summed E-state index contributed by atoms with van der Waals surface area (Å²) in [6.45, 7) is 1.67. The Labute approximate surface area is 108 Å². The van der Waals surface area contributed by atoms with Crippen LogP contribution in [-0.4, -0.2) is 28.2 Å². The molecule has 0 radical (unpaired) electrons. The summed E-state index contributed by atoms with van der Waals surface area (Å²) in [6.07, 6.45) is 0. The third-order valence-corrected chi connectivity index (χ3v) is 2.48. The lowest BCUT2D eigenvalue weighted by Crippen LogP contribution is -2.04. The van der Waals surface area contributed by atoms with E-state index in [1.54, 1.807) is 6.92 Å². The molecule has 19 heavy (non-hydrogen) atoms. The summed E-state index contributed by atoms with van der Waals surface area (Å²) in [5, 5.41) is 8.95. The number of aryl methyl sites for hydroxylation is 1. The molecule has 0 unspecified atom stereocenters. The van der Waals surface area contributed by atoms with E-state index in [-0.39, 0.29) is 17.3 Å². The fraction of sp³-hybridized carbons (Fsp3) is 0.154. The normalized spacial score (nSPS) is 10.3. The molecule has 0 aliphatic rings. The Morgan fingerprint density at radius 2 is 2.05 bits per heavy atom. The highest BCUT2D eigenvalue weighted by Crippen LogP contribution is 2.24. The highest BCUT2D eigenvalue weighted by atomic mass is 19.1. The molecule has 5 nitrogen and oxygen atoms in total. The van der Waals surface area contributed by atoms with Crippen molar-refractivity contribution in [3.63, 3.8) is 0 Å². The lowest BCUT2D eigenvalue weighted by Gasteiger charge is -2.06. The quantitative estimate of drug-likeness (QED) is 0.918. The number of halogens is 1. The van der Waals surface area contributed by atoms with Gasteiger partial charge in [-0.1, -0.05) is 0 Å². The first-order chi connectivity index (χ1) is 9.01. The zero-order valence-corrected chi connectivity index (χ0v) is 10.3. The van der Waals surface area contributed by atoms with Gasteiger partial charge in [0.25, 0.3) is 0 Å². The van der Waals surface area contributed by atoms with Crippen molar-refractivity contribution in [2.45, 2.75) is 6.92 Å². The average molecular weight is 262 g/mol. The largest absolute Gasteiger partial charge is 0.494 e. The summed E-state index contributed by atoms with van der Waals surface area (Å²) in [6, 6.07) is 5.49. The molecule has 0 spiro atoms. The maximum Gasteiger partial charge on any atom is 0.354 e. The van der Waals surface area contributed by atoms with E-state index in [9.17, 15) is 9.18 Å². The van der Waals surface area contributed by atoms with Crippen molar-refractivity contribution in [2.24, 2.45) is 0 Å². The second-order valence-corrected chi connectivity index (χ2v) is 3.87. The first kappa shape index (κ1) is 12.9. The van der Waals surface area contributed by atoms with Crippen molar-refractivity contribution in [1.29, 1.82) is 0 Å². The standard InChI is InChI=1S/C13H11FN2O3/c1-7-5-10(13(17)18)16-12(15-7)8-3-4-9(14)11(6-8)19-2/h3-6H,1-2H3,(H,17,18). The van der Waals surface area contributed by atoms with Gasteiger partial charge in [0.2, 0.25) is 0 Å². The Hall–Kier alpha value is -2.50. The van der Waals surface area contributed by atoms with Crippen molar-refractivity contribution in [1.82, 2.24) is 9.97 Å². The van der Waals surface area contributed by atoms with Gasteiger partial charge >= 0.3 is 5.97 Å². The fourth-order valence-corrected chi connectivity index (χ4v) is 1.61. The molecule has 0 saturated carbocycles. The number of hydrogen-bond donors (Lipinski definition) is 1. The van der Waals surface area contributed by atoms with Crippen molar-refractivity contribution in [3.8, 4) is 17.1 Å². The van der Waals surface area contributed by atoms with Gasteiger partial charge in [0.05, 0.1) is 7.11 Å². The SMILES string of the molecule is COc1cc(-c2nc(C)cc(C(=O)O)n2)ccc1F. The van der Waals surface area contributed by atoms with Crippen LogP contribution in [0, 0.1) is 12.7 Å². The fourth-order valence-electron chi connectivity index (χ4n) is 1.61. The summed E-state index contributed by atoms with van der Waals surface area (Å²) in [4.78, 5) is 19.0. The molecule has 1 N–H and O–H groups in total. The number of nitrogens with zero attached hydrogens (tertiary/aromatic N) is 2. The minimum absolute atomic E-state index is 0.0551. The molecule has 1 aromatic carbocycles. The Kier molecular flexibility index (Phi) is 3.41. The molecule has 0 atom stereocenters. The molecule has 0 aliphatic carbocycles. The molecule has 6 heteroatoms. The van der Waals surface area contributed by atoms with Crippen molar-refractivity contribution >= 4 is 5.97 Å². The monoisotopic (exact) mass is 262 g/mol. The summed E-state index contributed by atoms with van der Waals surface area (Å²) < 4.78 is 18.2. The molecule has 0 bridgehead atoms. The summed E-state index contributed by atoms with van der Waals surface area (Å²) in [7, 11) is 1.35. The second kappa shape index (κ2) is 5.01. The predicted molar refractivity (Wildman–Crippen MR) is 65.7 cm³/mol. The molecule has 98 valence electrons. The van der Waals surface area contributed by atoms with Crippen LogP contribution in [0.3, 0.4) is 0 Å². The third kappa shape index (κ3) is 2.67. The number of rotatable bonds is 3. The number of hydrogen-bond acceptors (Lipinski definition) is 4. The van der Waals surface area contributed by atoms with E-state index < -0.39 is 11.8 Å². The van der Waals surface area contributed by atoms with Gasteiger partial charge < -0.3 is 9.84 Å². The van der Waals surface area contributed by atoms with Gasteiger partial charge in [0.1, 0.15) is 0 Å². The van der Waals surface area contributed by atoms with Crippen LogP contribution in [0.1, 0.15) is 16.2 Å². The van der Waals surface area contributed by atoms with Crippen LogP contribution in [0.25, 0.3) is 11.4 Å². The van der Waals surface area contributed by atoms with Crippen LogP contribution in [0.15, 0.2) is 24.3 Å². The van der Waals surface area contributed by atoms with E-state index in [1.165, 1.54) is 31.4 Å². The Balaban J connectivity index is 2.55. The van der Waals surface area contributed by atoms with Gasteiger partial charge in [-0.2, -0.15) is 0 Å².